The summed E-state index contributed by atoms with van der Waals surface area (Å²) in [5, 5.41) is 3.42. The van der Waals surface area contributed by atoms with Gasteiger partial charge in [0.1, 0.15) is 0 Å². The van der Waals surface area contributed by atoms with Crippen molar-refractivity contribution in [3.05, 3.63) is 35.4 Å². The molecule has 1 saturated heterocycles. The second-order valence-corrected chi connectivity index (χ2v) is 5.37. The van der Waals surface area contributed by atoms with E-state index in [1.807, 2.05) is 0 Å². The summed E-state index contributed by atoms with van der Waals surface area (Å²) < 4.78 is 30.8. The molecule has 19 heavy (non-hydrogen) atoms. The minimum absolute atomic E-state index is 0.0259. The Morgan fingerprint density at radius 2 is 1.95 bits per heavy atom. The highest BCUT2D eigenvalue weighted by molar-refractivity contribution is 5.26. The molecule has 0 saturated carbocycles. The number of rotatable bonds is 5. The van der Waals surface area contributed by atoms with E-state index in [9.17, 15) is 8.78 Å². The average molecular weight is 269 g/mol. The van der Waals surface area contributed by atoms with Crippen molar-refractivity contribution in [2.45, 2.75) is 38.8 Å². The van der Waals surface area contributed by atoms with E-state index in [-0.39, 0.29) is 11.7 Å². The van der Waals surface area contributed by atoms with E-state index in [2.05, 4.69) is 19.2 Å². The molecule has 106 valence electrons. The smallest absolute Gasteiger partial charge is 0.263 e. The van der Waals surface area contributed by atoms with Crippen molar-refractivity contribution in [3.8, 4) is 0 Å². The molecule has 1 heterocycles. The van der Waals surface area contributed by atoms with Crippen LogP contribution in [0, 0.1) is 5.92 Å². The molecule has 0 spiro atoms. The van der Waals surface area contributed by atoms with Crippen LogP contribution >= 0.6 is 0 Å². The molecule has 0 aliphatic carbocycles. The fourth-order valence-electron chi connectivity index (χ4n) is 2.43. The van der Waals surface area contributed by atoms with Gasteiger partial charge in [0.25, 0.3) is 6.43 Å². The summed E-state index contributed by atoms with van der Waals surface area (Å²) in [5.74, 6) is 0.416. The minimum atomic E-state index is -2.41. The van der Waals surface area contributed by atoms with Crippen LogP contribution in [0.25, 0.3) is 0 Å². The Morgan fingerprint density at radius 1 is 1.26 bits per heavy atom. The standard InChI is InChI=1S/C15H21F2NO/c1-10(2)18-9-13-7-8-19-14(13)11-3-5-12(6-4-11)15(16)17/h3-6,10,13-15,18H,7-9H2,1-2H3. The fraction of sp³-hybridized carbons (Fsp3) is 0.600. The molecular formula is C15H21F2NO. The summed E-state index contributed by atoms with van der Waals surface area (Å²) in [6, 6.07) is 6.96. The molecule has 1 N–H and O–H groups in total. The molecule has 2 unspecified atom stereocenters. The first kappa shape index (κ1) is 14.4. The highest BCUT2D eigenvalue weighted by Crippen LogP contribution is 2.34. The number of benzene rings is 1. The maximum Gasteiger partial charge on any atom is 0.263 e. The van der Waals surface area contributed by atoms with Gasteiger partial charge in [-0.3, -0.25) is 0 Å². The van der Waals surface area contributed by atoms with Gasteiger partial charge in [-0.25, -0.2) is 8.78 Å². The van der Waals surface area contributed by atoms with E-state index >= 15 is 0 Å². The number of alkyl halides is 2. The van der Waals surface area contributed by atoms with E-state index in [0.29, 0.717) is 12.0 Å². The lowest BCUT2D eigenvalue weighted by Gasteiger charge is -2.21. The number of halogens is 2. The maximum atomic E-state index is 12.5. The van der Waals surface area contributed by atoms with Crippen LogP contribution in [0.2, 0.25) is 0 Å². The van der Waals surface area contributed by atoms with Gasteiger partial charge in [-0.05, 0) is 12.0 Å². The summed E-state index contributed by atoms with van der Waals surface area (Å²) >= 11 is 0. The highest BCUT2D eigenvalue weighted by atomic mass is 19.3. The second kappa shape index (κ2) is 6.44. The summed E-state index contributed by atoms with van der Waals surface area (Å²) in [5.41, 5.74) is 1.07. The summed E-state index contributed by atoms with van der Waals surface area (Å²) in [6.07, 6.45) is -1.36. The molecule has 2 rings (SSSR count). The molecule has 1 aliphatic heterocycles. The van der Waals surface area contributed by atoms with Crippen molar-refractivity contribution in [3.63, 3.8) is 0 Å². The summed E-state index contributed by atoms with van der Waals surface area (Å²) in [7, 11) is 0. The highest BCUT2D eigenvalue weighted by Gasteiger charge is 2.29. The van der Waals surface area contributed by atoms with Crippen LogP contribution in [0.1, 0.15) is 43.9 Å². The second-order valence-electron chi connectivity index (χ2n) is 5.37. The van der Waals surface area contributed by atoms with Gasteiger partial charge in [-0.1, -0.05) is 38.1 Å². The molecule has 0 bridgehead atoms. The van der Waals surface area contributed by atoms with Crippen LogP contribution in [-0.4, -0.2) is 19.2 Å². The van der Waals surface area contributed by atoms with Crippen LogP contribution in [0.15, 0.2) is 24.3 Å². The minimum Gasteiger partial charge on any atom is -0.373 e. The Labute approximate surface area is 113 Å². The van der Waals surface area contributed by atoms with Gasteiger partial charge in [0.2, 0.25) is 0 Å². The predicted molar refractivity (Wildman–Crippen MR) is 71.3 cm³/mol. The molecule has 2 nitrogen and oxygen atoms in total. The normalized spacial score (nSPS) is 23.5. The number of hydrogen-bond donors (Lipinski definition) is 1. The first-order valence-electron chi connectivity index (χ1n) is 6.81. The Hall–Kier alpha value is -1.00. The van der Waals surface area contributed by atoms with Gasteiger partial charge in [-0.15, -0.1) is 0 Å². The van der Waals surface area contributed by atoms with Gasteiger partial charge >= 0.3 is 0 Å². The van der Waals surface area contributed by atoms with E-state index in [1.54, 1.807) is 12.1 Å². The molecule has 1 fully saturated rings. The summed E-state index contributed by atoms with van der Waals surface area (Å²) in [4.78, 5) is 0. The van der Waals surface area contributed by atoms with E-state index < -0.39 is 6.43 Å². The molecule has 1 aromatic carbocycles. The average Bonchev–Trinajstić information content (AvgIpc) is 2.84. The van der Waals surface area contributed by atoms with Crippen molar-refractivity contribution in [1.29, 1.82) is 0 Å². The predicted octanol–water partition coefficient (Wildman–Crippen LogP) is 3.70. The van der Waals surface area contributed by atoms with Crippen LogP contribution in [0.4, 0.5) is 8.78 Å². The van der Waals surface area contributed by atoms with Crippen molar-refractivity contribution < 1.29 is 13.5 Å². The fourth-order valence-corrected chi connectivity index (χ4v) is 2.43. The zero-order chi connectivity index (χ0) is 13.8. The topological polar surface area (TPSA) is 21.3 Å². The van der Waals surface area contributed by atoms with Crippen LogP contribution in [0.5, 0.6) is 0 Å². The van der Waals surface area contributed by atoms with Gasteiger partial charge in [-0.2, -0.15) is 0 Å². The van der Waals surface area contributed by atoms with Gasteiger partial charge in [0, 0.05) is 30.7 Å². The number of ether oxygens (including phenoxy) is 1. The van der Waals surface area contributed by atoms with Gasteiger partial charge in [0.05, 0.1) is 6.10 Å². The molecule has 0 radical (unpaired) electrons. The number of hydrogen-bond acceptors (Lipinski definition) is 2. The van der Waals surface area contributed by atoms with Gasteiger partial charge < -0.3 is 10.1 Å². The zero-order valence-electron chi connectivity index (χ0n) is 11.4. The monoisotopic (exact) mass is 269 g/mol. The van der Waals surface area contributed by atoms with E-state index in [1.165, 1.54) is 12.1 Å². The Kier molecular flexibility index (Phi) is 4.88. The molecule has 2 atom stereocenters. The molecule has 1 aromatic rings. The number of nitrogens with one attached hydrogen (secondary N) is 1. The van der Waals surface area contributed by atoms with Gasteiger partial charge in [0.15, 0.2) is 0 Å². The SMILES string of the molecule is CC(C)NCC1CCOC1c1ccc(C(F)F)cc1. The third kappa shape index (κ3) is 3.74. The van der Waals surface area contributed by atoms with Crippen molar-refractivity contribution in [1.82, 2.24) is 5.32 Å². The third-order valence-electron chi connectivity index (χ3n) is 3.52. The van der Waals surface area contributed by atoms with Crippen LogP contribution in [-0.2, 0) is 4.74 Å². The lowest BCUT2D eigenvalue weighted by Crippen LogP contribution is -2.30. The Balaban J connectivity index is 2.02. The maximum absolute atomic E-state index is 12.5. The van der Waals surface area contributed by atoms with Crippen molar-refractivity contribution in [2.24, 2.45) is 5.92 Å². The largest absolute Gasteiger partial charge is 0.373 e. The van der Waals surface area contributed by atoms with E-state index in [0.717, 1.165) is 25.1 Å². The van der Waals surface area contributed by atoms with Crippen molar-refractivity contribution >= 4 is 0 Å². The van der Waals surface area contributed by atoms with E-state index in [4.69, 9.17) is 4.74 Å². The molecule has 0 aromatic heterocycles. The van der Waals surface area contributed by atoms with Crippen LogP contribution < -0.4 is 5.32 Å². The molecule has 0 amide bonds. The first-order chi connectivity index (χ1) is 9.08. The molecule has 4 heteroatoms. The first-order valence-corrected chi connectivity index (χ1v) is 6.81. The molecular weight excluding hydrogens is 248 g/mol. The lowest BCUT2D eigenvalue weighted by molar-refractivity contribution is 0.0899. The van der Waals surface area contributed by atoms with Crippen molar-refractivity contribution in [2.75, 3.05) is 13.2 Å². The molecule has 1 aliphatic rings. The summed E-state index contributed by atoms with van der Waals surface area (Å²) in [6.45, 7) is 5.87. The van der Waals surface area contributed by atoms with Crippen LogP contribution in [0.3, 0.4) is 0 Å². The third-order valence-corrected chi connectivity index (χ3v) is 3.52. The Morgan fingerprint density at radius 3 is 2.53 bits per heavy atom. The quantitative estimate of drug-likeness (QED) is 0.880. The zero-order valence-corrected chi connectivity index (χ0v) is 11.4. The lowest BCUT2D eigenvalue weighted by atomic mass is 9.94. The Bertz CT molecular complexity index is 392.